The second-order valence-electron chi connectivity index (χ2n) is 5.86. The van der Waals surface area contributed by atoms with Gasteiger partial charge in [-0.25, -0.2) is 4.99 Å². The van der Waals surface area contributed by atoms with Gasteiger partial charge in [-0.1, -0.05) is 52.3 Å². The van der Waals surface area contributed by atoms with Crippen molar-refractivity contribution in [3.63, 3.8) is 0 Å². The summed E-state index contributed by atoms with van der Waals surface area (Å²) >= 11 is 3.42. The maximum Gasteiger partial charge on any atom is 0.226 e. The Kier molecular flexibility index (Phi) is 8.15. The van der Waals surface area contributed by atoms with Crippen molar-refractivity contribution >= 4 is 33.5 Å². The van der Waals surface area contributed by atoms with E-state index in [9.17, 15) is 4.79 Å². The number of halogens is 1. The molecule has 2 rings (SSSR count). The predicted octanol–water partition coefficient (Wildman–Crippen LogP) is 3.84. The maximum atomic E-state index is 12.2. The average Bonchev–Trinajstić information content (AvgIpc) is 2.63. The van der Waals surface area contributed by atoms with E-state index in [-0.39, 0.29) is 5.91 Å². The van der Waals surface area contributed by atoms with Crippen LogP contribution in [0.1, 0.15) is 24.5 Å². The number of hydrogen-bond acceptors (Lipinski definition) is 2. The molecule has 0 fully saturated rings. The number of rotatable bonds is 7. The van der Waals surface area contributed by atoms with Crippen molar-refractivity contribution in [3.05, 3.63) is 64.1 Å². The van der Waals surface area contributed by atoms with Crippen LogP contribution in [-0.2, 0) is 11.3 Å². The third kappa shape index (κ3) is 6.88. The summed E-state index contributed by atoms with van der Waals surface area (Å²) in [7, 11) is 0. The molecule has 5 nitrogen and oxygen atoms in total. The minimum absolute atomic E-state index is 0.0300. The molecule has 0 atom stereocenters. The van der Waals surface area contributed by atoms with Gasteiger partial charge in [0.1, 0.15) is 0 Å². The molecule has 6 heteroatoms. The highest BCUT2D eigenvalue weighted by atomic mass is 79.9. The number of carbonyl (C=O) groups excluding carboxylic acids is 1. The van der Waals surface area contributed by atoms with Gasteiger partial charge in [-0.15, -0.1) is 0 Å². The molecular weight excluding hydrogens is 392 g/mol. The second-order valence-corrected chi connectivity index (χ2v) is 6.78. The maximum absolute atomic E-state index is 12.2. The molecule has 0 heterocycles. The smallest absolute Gasteiger partial charge is 0.226 e. The summed E-state index contributed by atoms with van der Waals surface area (Å²) in [6.07, 6.45) is 0.363. The fourth-order valence-electron chi connectivity index (χ4n) is 2.33. The summed E-state index contributed by atoms with van der Waals surface area (Å²) in [6.45, 7) is 5.87. The molecule has 0 bridgehead atoms. The summed E-state index contributed by atoms with van der Waals surface area (Å²) in [6, 6.07) is 15.9. The Morgan fingerprint density at radius 3 is 2.62 bits per heavy atom. The molecule has 26 heavy (non-hydrogen) atoms. The molecule has 0 radical (unpaired) electrons. The van der Waals surface area contributed by atoms with Gasteiger partial charge in [-0.05, 0) is 37.1 Å². The first kappa shape index (κ1) is 20.0. The van der Waals surface area contributed by atoms with Crippen LogP contribution in [0.2, 0.25) is 0 Å². The second kappa shape index (κ2) is 10.6. The Hall–Kier alpha value is -2.34. The highest BCUT2D eigenvalue weighted by Gasteiger charge is 2.06. The van der Waals surface area contributed by atoms with Gasteiger partial charge in [-0.2, -0.15) is 0 Å². The van der Waals surface area contributed by atoms with Crippen LogP contribution in [0.5, 0.6) is 0 Å². The molecule has 3 N–H and O–H groups in total. The van der Waals surface area contributed by atoms with Crippen molar-refractivity contribution in [2.75, 3.05) is 18.4 Å². The zero-order valence-electron chi connectivity index (χ0n) is 15.2. The average molecular weight is 417 g/mol. The molecular formula is C20H25BrN4O. The Morgan fingerprint density at radius 1 is 1.12 bits per heavy atom. The molecule has 1 amide bonds. The number of aliphatic imine (C=N–C) groups is 1. The molecule has 0 spiro atoms. The molecule has 0 aliphatic carbocycles. The van der Waals surface area contributed by atoms with E-state index in [2.05, 4.69) is 36.9 Å². The van der Waals surface area contributed by atoms with Crippen LogP contribution in [-0.4, -0.2) is 25.0 Å². The van der Waals surface area contributed by atoms with E-state index in [4.69, 9.17) is 0 Å². The van der Waals surface area contributed by atoms with Crippen LogP contribution < -0.4 is 16.0 Å². The Balaban J connectivity index is 1.83. The lowest BCUT2D eigenvalue weighted by atomic mass is 10.2. The highest BCUT2D eigenvalue weighted by Crippen LogP contribution is 2.20. The van der Waals surface area contributed by atoms with E-state index in [1.165, 1.54) is 0 Å². The monoisotopic (exact) mass is 416 g/mol. The molecule has 2 aromatic carbocycles. The summed E-state index contributed by atoms with van der Waals surface area (Å²) < 4.78 is 0.944. The summed E-state index contributed by atoms with van der Waals surface area (Å²) in [5, 5.41) is 9.34. The Labute approximate surface area is 163 Å². The Morgan fingerprint density at radius 2 is 1.88 bits per heavy atom. The molecule has 2 aromatic rings. The van der Waals surface area contributed by atoms with E-state index in [0.29, 0.717) is 25.5 Å². The molecule has 0 saturated carbocycles. The molecule has 0 aliphatic rings. The number of anilines is 1. The van der Waals surface area contributed by atoms with Gasteiger partial charge < -0.3 is 16.0 Å². The lowest BCUT2D eigenvalue weighted by molar-refractivity contribution is -0.116. The molecule has 138 valence electrons. The van der Waals surface area contributed by atoms with Crippen LogP contribution in [0.25, 0.3) is 0 Å². The van der Waals surface area contributed by atoms with E-state index in [1.807, 2.05) is 62.4 Å². The number of nitrogens with one attached hydrogen (secondary N) is 3. The van der Waals surface area contributed by atoms with E-state index >= 15 is 0 Å². The van der Waals surface area contributed by atoms with Gasteiger partial charge >= 0.3 is 0 Å². The van der Waals surface area contributed by atoms with Crippen LogP contribution in [0.4, 0.5) is 5.69 Å². The van der Waals surface area contributed by atoms with Crippen molar-refractivity contribution < 1.29 is 4.79 Å². The minimum atomic E-state index is -0.0300. The minimum Gasteiger partial charge on any atom is -0.357 e. The largest absolute Gasteiger partial charge is 0.357 e. The van der Waals surface area contributed by atoms with Crippen LogP contribution >= 0.6 is 15.9 Å². The molecule has 0 aromatic heterocycles. The number of hydrogen-bond donors (Lipinski definition) is 3. The fraction of sp³-hybridized carbons (Fsp3) is 0.300. The summed E-state index contributed by atoms with van der Waals surface area (Å²) in [5.74, 6) is 0.681. The van der Waals surface area contributed by atoms with Crippen LogP contribution in [0.3, 0.4) is 0 Å². The highest BCUT2D eigenvalue weighted by molar-refractivity contribution is 9.10. The van der Waals surface area contributed by atoms with Crippen molar-refractivity contribution in [2.45, 2.75) is 26.8 Å². The summed E-state index contributed by atoms with van der Waals surface area (Å²) in [5.41, 5.74) is 3.01. The fourth-order valence-corrected chi connectivity index (χ4v) is 2.69. The van der Waals surface area contributed by atoms with Crippen LogP contribution in [0.15, 0.2) is 58.0 Å². The third-order valence-corrected chi connectivity index (χ3v) is 4.22. The number of carbonyl (C=O) groups is 1. The number of amides is 1. The zero-order chi connectivity index (χ0) is 18.8. The van der Waals surface area contributed by atoms with E-state index in [0.717, 1.165) is 27.8 Å². The SMILES string of the molecule is CCNC(=NCc1ccccc1)NCCC(=O)Nc1cc(Br)ccc1C. The third-order valence-electron chi connectivity index (χ3n) is 3.73. The standard InChI is InChI=1S/C20H25BrN4O/c1-3-22-20(24-14-16-7-5-4-6-8-16)23-12-11-19(26)25-18-13-17(21)10-9-15(18)2/h4-10,13H,3,11-12,14H2,1-2H3,(H,25,26)(H2,22,23,24). The summed E-state index contributed by atoms with van der Waals surface area (Å²) in [4.78, 5) is 16.7. The number of guanidine groups is 1. The van der Waals surface area contributed by atoms with Crippen molar-refractivity contribution in [2.24, 2.45) is 4.99 Å². The van der Waals surface area contributed by atoms with E-state index in [1.54, 1.807) is 0 Å². The first-order valence-electron chi connectivity index (χ1n) is 8.70. The van der Waals surface area contributed by atoms with Gasteiger partial charge in [0.2, 0.25) is 5.91 Å². The normalized spacial score (nSPS) is 11.1. The predicted molar refractivity (Wildman–Crippen MR) is 111 cm³/mol. The quantitative estimate of drug-likeness (QED) is 0.474. The van der Waals surface area contributed by atoms with Crippen LogP contribution in [0, 0.1) is 6.92 Å². The number of benzene rings is 2. The Bertz CT molecular complexity index is 747. The molecule has 0 saturated heterocycles. The van der Waals surface area contributed by atoms with Gasteiger partial charge in [0.15, 0.2) is 5.96 Å². The van der Waals surface area contributed by atoms with Gasteiger partial charge in [-0.3, -0.25) is 4.79 Å². The van der Waals surface area contributed by atoms with Crippen molar-refractivity contribution in [3.8, 4) is 0 Å². The number of nitrogens with zero attached hydrogens (tertiary/aromatic N) is 1. The van der Waals surface area contributed by atoms with Crippen molar-refractivity contribution in [1.29, 1.82) is 0 Å². The lowest BCUT2D eigenvalue weighted by Crippen LogP contribution is -2.38. The first-order chi connectivity index (χ1) is 12.6. The topological polar surface area (TPSA) is 65.5 Å². The lowest BCUT2D eigenvalue weighted by Gasteiger charge is -2.12. The van der Waals surface area contributed by atoms with Crippen molar-refractivity contribution in [1.82, 2.24) is 10.6 Å². The molecule has 0 unspecified atom stereocenters. The van der Waals surface area contributed by atoms with Gasteiger partial charge in [0.05, 0.1) is 6.54 Å². The van der Waals surface area contributed by atoms with E-state index < -0.39 is 0 Å². The molecule has 0 aliphatic heterocycles. The van der Waals surface area contributed by atoms with Gasteiger partial charge in [0, 0.05) is 29.7 Å². The zero-order valence-corrected chi connectivity index (χ0v) is 16.8. The first-order valence-corrected chi connectivity index (χ1v) is 9.50. The number of aryl methyl sites for hydroxylation is 1. The van der Waals surface area contributed by atoms with Gasteiger partial charge in [0.25, 0.3) is 0 Å².